The molecule has 0 bridgehead atoms. The number of nitrogens with zero attached hydrogens (tertiary/aromatic N) is 2. The fourth-order valence-electron chi connectivity index (χ4n) is 1.66. The van der Waals surface area contributed by atoms with Gasteiger partial charge in [-0.05, 0) is 23.8 Å². The number of non-ortho nitro benzene ring substituents is 1. The molecule has 6 nitrogen and oxygen atoms in total. The molecule has 0 saturated heterocycles. The Kier molecular flexibility index (Phi) is 3.57. The smallest absolute Gasteiger partial charge is 0.258 e. The van der Waals surface area contributed by atoms with Crippen LogP contribution in [0, 0.1) is 20.2 Å². The Hall–Kier alpha value is -2.28. The lowest BCUT2D eigenvalue weighted by Gasteiger charge is -2.03. The number of rotatable bonds is 3. The van der Waals surface area contributed by atoms with E-state index in [1.807, 2.05) is 0 Å². The summed E-state index contributed by atoms with van der Waals surface area (Å²) in [5.74, 6) is 0. The molecular formula is C12H7BrN2O4. The lowest BCUT2D eigenvalue weighted by atomic mass is 10.0. The molecule has 0 amide bonds. The van der Waals surface area contributed by atoms with Crippen molar-refractivity contribution in [2.75, 3.05) is 0 Å². The van der Waals surface area contributed by atoms with Crippen molar-refractivity contribution >= 4 is 27.3 Å². The second-order valence-electron chi connectivity index (χ2n) is 3.72. The van der Waals surface area contributed by atoms with Gasteiger partial charge in [0.1, 0.15) is 0 Å². The zero-order chi connectivity index (χ0) is 14.0. The van der Waals surface area contributed by atoms with Crippen LogP contribution >= 0.6 is 15.9 Å². The summed E-state index contributed by atoms with van der Waals surface area (Å²) >= 11 is 3.27. The Morgan fingerprint density at radius 2 is 1.53 bits per heavy atom. The molecule has 0 aliphatic carbocycles. The normalized spacial score (nSPS) is 10.2. The van der Waals surface area contributed by atoms with Gasteiger partial charge in [-0.3, -0.25) is 20.2 Å². The van der Waals surface area contributed by atoms with Gasteiger partial charge in [0.05, 0.1) is 21.5 Å². The maximum atomic E-state index is 11.0. The van der Waals surface area contributed by atoms with E-state index >= 15 is 0 Å². The SMILES string of the molecule is O=[N+]([O-])c1ccc(-c2ccc(Br)cc2)c([N+](=O)[O-])c1. The molecule has 0 aliphatic heterocycles. The quantitative estimate of drug-likeness (QED) is 0.632. The first-order chi connectivity index (χ1) is 8.99. The third-order valence-corrected chi connectivity index (χ3v) is 3.07. The summed E-state index contributed by atoms with van der Waals surface area (Å²) < 4.78 is 0.848. The van der Waals surface area contributed by atoms with E-state index in [9.17, 15) is 20.2 Å². The fraction of sp³-hybridized carbons (Fsp3) is 0. The molecule has 96 valence electrons. The number of benzene rings is 2. The Labute approximate surface area is 116 Å². The lowest BCUT2D eigenvalue weighted by Crippen LogP contribution is -1.95. The number of hydrogen-bond acceptors (Lipinski definition) is 4. The van der Waals surface area contributed by atoms with Gasteiger partial charge in [0, 0.05) is 10.5 Å². The molecule has 2 rings (SSSR count). The van der Waals surface area contributed by atoms with Gasteiger partial charge in [0.25, 0.3) is 11.4 Å². The average Bonchev–Trinajstić information content (AvgIpc) is 2.38. The van der Waals surface area contributed by atoms with E-state index in [1.54, 1.807) is 24.3 Å². The van der Waals surface area contributed by atoms with Gasteiger partial charge in [-0.2, -0.15) is 0 Å². The standard InChI is InChI=1S/C12H7BrN2O4/c13-9-3-1-8(2-4-9)11-6-5-10(14(16)17)7-12(11)15(18)19/h1-7H. The number of nitro groups is 2. The molecule has 0 radical (unpaired) electrons. The fourth-order valence-corrected chi connectivity index (χ4v) is 1.92. The molecule has 2 aromatic rings. The van der Waals surface area contributed by atoms with Crippen LogP contribution in [-0.2, 0) is 0 Å². The molecule has 7 heteroatoms. The minimum atomic E-state index is -0.654. The van der Waals surface area contributed by atoms with Gasteiger partial charge in [0.2, 0.25) is 0 Å². The molecule has 19 heavy (non-hydrogen) atoms. The van der Waals surface area contributed by atoms with E-state index in [0.717, 1.165) is 10.5 Å². The summed E-state index contributed by atoms with van der Waals surface area (Å²) in [5.41, 5.74) is 0.400. The molecule has 0 N–H and O–H groups in total. The monoisotopic (exact) mass is 322 g/mol. The first-order valence-electron chi connectivity index (χ1n) is 5.18. The Bertz CT molecular complexity index is 655. The summed E-state index contributed by atoms with van der Waals surface area (Å²) in [6.07, 6.45) is 0. The topological polar surface area (TPSA) is 86.3 Å². The van der Waals surface area contributed by atoms with E-state index in [0.29, 0.717) is 11.1 Å². The minimum Gasteiger partial charge on any atom is -0.258 e. The summed E-state index contributed by atoms with van der Waals surface area (Å²) in [5, 5.41) is 21.7. The van der Waals surface area contributed by atoms with Crippen molar-refractivity contribution in [3.63, 3.8) is 0 Å². The molecule has 0 spiro atoms. The highest BCUT2D eigenvalue weighted by atomic mass is 79.9. The maximum absolute atomic E-state index is 11.0. The van der Waals surface area contributed by atoms with E-state index in [2.05, 4.69) is 15.9 Å². The molecule has 0 heterocycles. The minimum absolute atomic E-state index is 0.281. The predicted molar refractivity (Wildman–Crippen MR) is 72.9 cm³/mol. The van der Waals surface area contributed by atoms with Gasteiger partial charge in [-0.15, -0.1) is 0 Å². The van der Waals surface area contributed by atoms with Crippen LogP contribution in [0.2, 0.25) is 0 Å². The van der Waals surface area contributed by atoms with E-state index in [1.165, 1.54) is 12.1 Å². The highest BCUT2D eigenvalue weighted by molar-refractivity contribution is 9.10. The number of halogens is 1. The van der Waals surface area contributed by atoms with Crippen LogP contribution in [0.4, 0.5) is 11.4 Å². The summed E-state index contributed by atoms with van der Waals surface area (Å²) in [6.45, 7) is 0. The number of hydrogen-bond donors (Lipinski definition) is 0. The first kappa shape index (κ1) is 13.2. The van der Waals surface area contributed by atoms with Crippen molar-refractivity contribution in [1.82, 2.24) is 0 Å². The molecule has 0 unspecified atom stereocenters. The first-order valence-corrected chi connectivity index (χ1v) is 5.97. The molecule has 0 aromatic heterocycles. The zero-order valence-electron chi connectivity index (χ0n) is 9.45. The van der Waals surface area contributed by atoms with Gasteiger partial charge in [-0.25, -0.2) is 0 Å². The molecule has 0 fully saturated rings. The molecule has 0 aliphatic rings. The van der Waals surface area contributed by atoms with Crippen LogP contribution in [-0.4, -0.2) is 9.85 Å². The highest BCUT2D eigenvalue weighted by Gasteiger charge is 2.20. The van der Waals surface area contributed by atoms with E-state index < -0.39 is 9.85 Å². The van der Waals surface area contributed by atoms with Crippen molar-refractivity contribution in [3.8, 4) is 11.1 Å². The van der Waals surface area contributed by atoms with Crippen molar-refractivity contribution in [1.29, 1.82) is 0 Å². The second-order valence-corrected chi connectivity index (χ2v) is 4.64. The van der Waals surface area contributed by atoms with Gasteiger partial charge < -0.3 is 0 Å². The van der Waals surface area contributed by atoms with Crippen LogP contribution in [0.25, 0.3) is 11.1 Å². The molecule has 2 aromatic carbocycles. The van der Waals surface area contributed by atoms with Crippen LogP contribution < -0.4 is 0 Å². The summed E-state index contributed by atoms with van der Waals surface area (Å²) in [4.78, 5) is 20.4. The van der Waals surface area contributed by atoms with Crippen molar-refractivity contribution in [2.45, 2.75) is 0 Å². The molecule has 0 atom stereocenters. The van der Waals surface area contributed by atoms with Gasteiger partial charge in [-0.1, -0.05) is 28.1 Å². The third-order valence-electron chi connectivity index (χ3n) is 2.54. The summed E-state index contributed by atoms with van der Waals surface area (Å²) in [7, 11) is 0. The highest BCUT2D eigenvalue weighted by Crippen LogP contribution is 2.33. The van der Waals surface area contributed by atoms with Gasteiger partial charge in [0.15, 0.2) is 0 Å². The third kappa shape index (κ3) is 2.76. The van der Waals surface area contributed by atoms with Crippen LogP contribution in [0.15, 0.2) is 46.9 Å². The zero-order valence-corrected chi connectivity index (χ0v) is 11.0. The number of nitro benzene ring substituents is 2. The maximum Gasteiger partial charge on any atom is 0.284 e. The Morgan fingerprint density at radius 3 is 2.05 bits per heavy atom. The van der Waals surface area contributed by atoms with Crippen molar-refractivity contribution < 1.29 is 9.85 Å². The molecular weight excluding hydrogens is 316 g/mol. The summed E-state index contributed by atoms with van der Waals surface area (Å²) in [6, 6.07) is 10.5. The van der Waals surface area contributed by atoms with E-state index in [-0.39, 0.29) is 11.4 Å². The Balaban J connectivity index is 2.59. The van der Waals surface area contributed by atoms with E-state index in [4.69, 9.17) is 0 Å². The Morgan fingerprint density at radius 1 is 0.895 bits per heavy atom. The van der Waals surface area contributed by atoms with Crippen LogP contribution in [0.3, 0.4) is 0 Å². The second kappa shape index (κ2) is 5.15. The largest absolute Gasteiger partial charge is 0.284 e. The van der Waals surface area contributed by atoms with Crippen LogP contribution in [0.1, 0.15) is 0 Å². The van der Waals surface area contributed by atoms with Crippen molar-refractivity contribution in [2.24, 2.45) is 0 Å². The van der Waals surface area contributed by atoms with Crippen LogP contribution in [0.5, 0.6) is 0 Å². The average molecular weight is 323 g/mol. The molecule has 0 saturated carbocycles. The van der Waals surface area contributed by atoms with Crippen molar-refractivity contribution in [3.05, 3.63) is 67.2 Å². The van der Waals surface area contributed by atoms with Gasteiger partial charge >= 0.3 is 0 Å². The predicted octanol–water partition coefficient (Wildman–Crippen LogP) is 3.93. The lowest BCUT2D eigenvalue weighted by molar-refractivity contribution is -0.393.